The highest BCUT2D eigenvalue weighted by Crippen LogP contribution is 2.26. The van der Waals surface area contributed by atoms with Crippen LogP contribution in [-0.4, -0.2) is 6.54 Å². The molecule has 0 unspecified atom stereocenters. The third-order valence-electron chi connectivity index (χ3n) is 2.74. The van der Waals surface area contributed by atoms with Crippen molar-refractivity contribution in [2.45, 2.75) is 13.0 Å². The lowest BCUT2D eigenvalue weighted by Crippen LogP contribution is -2.03. The number of benzene rings is 2. The first-order valence-electron chi connectivity index (χ1n) is 6.05. The molecule has 2 N–H and O–H groups in total. The summed E-state index contributed by atoms with van der Waals surface area (Å²) < 4.78 is 6.77. The zero-order valence-electron chi connectivity index (χ0n) is 10.4. The van der Waals surface area contributed by atoms with E-state index in [4.69, 9.17) is 22.1 Å². The lowest BCUT2D eigenvalue weighted by molar-refractivity contribution is 0.306. The highest BCUT2D eigenvalue weighted by Gasteiger charge is 2.03. The first kappa shape index (κ1) is 14.4. The van der Waals surface area contributed by atoms with E-state index in [9.17, 15) is 0 Å². The van der Waals surface area contributed by atoms with Gasteiger partial charge in [0.1, 0.15) is 12.4 Å². The van der Waals surface area contributed by atoms with Crippen LogP contribution >= 0.6 is 27.5 Å². The van der Waals surface area contributed by atoms with Gasteiger partial charge in [-0.15, -0.1) is 0 Å². The van der Waals surface area contributed by atoms with Crippen LogP contribution in [0.5, 0.6) is 5.75 Å². The number of halogens is 2. The summed E-state index contributed by atoms with van der Waals surface area (Å²) in [5.41, 5.74) is 7.75. The number of hydrogen-bond donors (Lipinski definition) is 1. The van der Waals surface area contributed by atoms with E-state index in [1.54, 1.807) is 0 Å². The monoisotopic (exact) mass is 339 g/mol. The maximum atomic E-state index is 6.18. The van der Waals surface area contributed by atoms with E-state index in [0.717, 1.165) is 22.0 Å². The zero-order valence-corrected chi connectivity index (χ0v) is 12.7. The highest BCUT2D eigenvalue weighted by atomic mass is 79.9. The smallest absolute Gasteiger partial charge is 0.138 e. The second-order valence-corrected chi connectivity index (χ2v) is 5.54. The quantitative estimate of drug-likeness (QED) is 0.886. The normalized spacial score (nSPS) is 10.5. The summed E-state index contributed by atoms with van der Waals surface area (Å²) in [6, 6.07) is 13.8. The Morgan fingerprint density at radius 2 is 1.74 bits per heavy atom. The van der Waals surface area contributed by atoms with Gasteiger partial charge in [-0.1, -0.05) is 45.7 Å². The minimum Gasteiger partial charge on any atom is -0.487 e. The Bertz CT molecular complexity index is 542. The fraction of sp³-hybridized carbons (Fsp3) is 0.200. The van der Waals surface area contributed by atoms with Gasteiger partial charge in [0.25, 0.3) is 0 Å². The minimum absolute atomic E-state index is 0.503. The summed E-state index contributed by atoms with van der Waals surface area (Å²) in [6.07, 6.45) is 0.826. The van der Waals surface area contributed by atoms with Crippen LogP contribution in [0.4, 0.5) is 0 Å². The van der Waals surface area contributed by atoms with Crippen LogP contribution in [0.25, 0.3) is 0 Å². The van der Waals surface area contributed by atoms with Crippen molar-refractivity contribution in [1.29, 1.82) is 0 Å². The zero-order chi connectivity index (χ0) is 13.7. The maximum Gasteiger partial charge on any atom is 0.138 e. The molecule has 0 saturated carbocycles. The first-order chi connectivity index (χ1) is 9.19. The highest BCUT2D eigenvalue weighted by molar-refractivity contribution is 9.10. The molecule has 0 radical (unpaired) electrons. The average molecular weight is 341 g/mol. The third kappa shape index (κ3) is 4.23. The summed E-state index contributed by atoms with van der Waals surface area (Å²) in [5, 5.41) is 0.628. The molecule has 0 aromatic heterocycles. The van der Waals surface area contributed by atoms with Crippen molar-refractivity contribution in [2.75, 3.05) is 6.54 Å². The summed E-state index contributed by atoms with van der Waals surface area (Å²) in [6.45, 7) is 1.12. The van der Waals surface area contributed by atoms with Crippen LogP contribution in [0.2, 0.25) is 5.02 Å². The number of nitrogens with two attached hydrogens (primary N) is 1. The molecule has 0 aliphatic carbocycles. The Morgan fingerprint density at radius 3 is 2.37 bits per heavy atom. The molecule has 0 fully saturated rings. The van der Waals surface area contributed by atoms with E-state index < -0.39 is 0 Å². The standard InChI is InChI=1S/C15H15BrClNO/c16-13-4-1-12(2-5-13)10-19-15-6-3-11(7-8-18)9-14(15)17/h1-6,9H,7-8,10,18H2. The molecule has 2 aromatic carbocycles. The molecule has 2 nitrogen and oxygen atoms in total. The topological polar surface area (TPSA) is 35.2 Å². The Morgan fingerprint density at radius 1 is 1.05 bits per heavy atom. The van der Waals surface area contributed by atoms with Gasteiger partial charge in [0.05, 0.1) is 5.02 Å². The molecular formula is C15H15BrClNO. The molecule has 0 spiro atoms. The van der Waals surface area contributed by atoms with Gasteiger partial charge in [0.15, 0.2) is 0 Å². The SMILES string of the molecule is NCCc1ccc(OCc2ccc(Br)cc2)c(Cl)c1. The van der Waals surface area contributed by atoms with E-state index >= 15 is 0 Å². The predicted molar refractivity (Wildman–Crippen MR) is 82.7 cm³/mol. The second kappa shape index (κ2) is 6.94. The molecule has 100 valence electrons. The fourth-order valence-electron chi connectivity index (χ4n) is 1.73. The summed E-state index contributed by atoms with van der Waals surface area (Å²) in [4.78, 5) is 0. The summed E-state index contributed by atoms with van der Waals surface area (Å²) in [5.74, 6) is 0.699. The molecule has 0 heterocycles. The van der Waals surface area contributed by atoms with Crippen molar-refractivity contribution in [3.05, 3.63) is 63.1 Å². The summed E-state index contributed by atoms with van der Waals surface area (Å²) >= 11 is 9.59. The molecule has 4 heteroatoms. The van der Waals surface area contributed by atoms with Crippen LogP contribution in [0.3, 0.4) is 0 Å². The Hall–Kier alpha value is -1.03. The fourth-order valence-corrected chi connectivity index (χ4v) is 2.25. The van der Waals surface area contributed by atoms with Gasteiger partial charge in [-0.05, 0) is 48.4 Å². The first-order valence-corrected chi connectivity index (χ1v) is 7.22. The van der Waals surface area contributed by atoms with Crippen LogP contribution in [0, 0.1) is 0 Å². The van der Waals surface area contributed by atoms with Gasteiger partial charge in [-0.2, -0.15) is 0 Å². The van der Waals surface area contributed by atoms with Crippen molar-refractivity contribution in [1.82, 2.24) is 0 Å². The van der Waals surface area contributed by atoms with Crippen molar-refractivity contribution in [3.63, 3.8) is 0 Å². The molecule has 2 rings (SSSR count). The van der Waals surface area contributed by atoms with E-state index in [1.807, 2.05) is 42.5 Å². The van der Waals surface area contributed by atoms with Crippen LogP contribution in [-0.2, 0) is 13.0 Å². The Labute approximate surface area is 126 Å². The Kier molecular flexibility index (Phi) is 5.25. The number of hydrogen-bond acceptors (Lipinski definition) is 2. The van der Waals surface area contributed by atoms with E-state index in [1.165, 1.54) is 0 Å². The molecule has 19 heavy (non-hydrogen) atoms. The van der Waals surface area contributed by atoms with Crippen LogP contribution in [0.15, 0.2) is 46.9 Å². The second-order valence-electron chi connectivity index (χ2n) is 4.22. The minimum atomic E-state index is 0.503. The molecule has 2 aromatic rings. The van der Waals surface area contributed by atoms with E-state index in [0.29, 0.717) is 23.9 Å². The number of ether oxygens (including phenoxy) is 1. The van der Waals surface area contributed by atoms with Crippen molar-refractivity contribution in [3.8, 4) is 5.75 Å². The van der Waals surface area contributed by atoms with Crippen molar-refractivity contribution < 1.29 is 4.74 Å². The van der Waals surface area contributed by atoms with Gasteiger partial charge in [-0.25, -0.2) is 0 Å². The maximum absolute atomic E-state index is 6.18. The largest absolute Gasteiger partial charge is 0.487 e. The lowest BCUT2D eigenvalue weighted by atomic mass is 10.1. The molecule has 0 atom stereocenters. The van der Waals surface area contributed by atoms with Crippen molar-refractivity contribution in [2.24, 2.45) is 5.73 Å². The van der Waals surface area contributed by atoms with Gasteiger partial charge < -0.3 is 10.5 Å². The molecule has 0 saturated heterocycles. The molecular weight excluding hydrogens is 326 g/mol. The van der Waals surface area contributed by atoms with Gasteiger partial charge >= 0.3 is 0 Å². The Balaban J connectivity index is 2.01. The molecule has 0 amide bonds. The van der Waals surface area contributed by atoms with Gasteiger partial charge in [0.2, 0.25) is 0 Å². The lowest BCUT2D eigenvalue weighted by Gasteiger charge is -2.09. The van der Waals surface area contributed by atoms with Gasteiger partial charge in [0, 0.05) is 4.47 Å². The molecule has 0 aliphatic rings. The average Bonchev–Trinajstić information content (AvgIpc) is 2.40. The molecule has 0 aliphatic heterocycles. The van der Waals surface area contributed by atoms with Crippen LogP contribution < -0.4 is 10.5 Å². The van der Waals surface area contributed by atoms with Gasteiger partial charge in [-0.3, -0.25) is 0 Å². The summed E-state index contributed by atoms with van der Waals surface area (Å²) in [7, 11) is 0. The molecule has 0 bridgehead atoms. The number of rotatable bonds is 5. The van der Waals surface area contributed by atoms with E-state index in [2.05, 4.69) is 15.9 Å². The third-order valence-corrected chi connectivity index (χ3v) is 3.56. The van der Waals surface area contributed by atoms with Crippen molar-refractivity contribution >= 4 is 27.5 Å². The predicted octanol–water partition coefficient (Wildman–Crippen LogP) is 4.18. The van der Waals surface area contributed by atoms with Crippen LogP contribution in [0.1, 0.15) is 11.1 Å². The van der Waals surface area contributed by atoms with E-state index in [-0.39, 0.29) is 0 Å².